The van der Waals surface area contributed by atoms with Gasteiger partial charge in [0, 0.05) is 24.7 Å². The molecule has 0 bridgehead atoms. The molecule has 0 spiro atoms. The number of piperidine rings is 1. The highest BCUT2D eigenvalue weighted by Crippen LogP contribution is 2.52. The standard InChI is InChI=1S/C16H22ClN3O2/c1-4-11(6-5-10(2)3)20-8-12-13(9-20)15(12)16(18)19-22-14(21)7-17/h4-6,12-13,15H,2,7-9H2,1,3H3,(H2,18,19)/b6-5-,11-4+. The Hall–Kier alpha value is -1.75. The summed E-state index contributed by atoms with van der Waals surface area (Å²) in [6.45, 7) is 9.75. The molecule has 2 aliphatic rings. The molecule has 2 unspecified atom stereocenters. The molecule has 1 aliphatic heterocycles. The maximum Gasteiger partial charge on any atom is 0.349 e. The zero-order valence-electron chi connectivity index (χ0n) is 13.0. The molecule has 1 saturated heterocycles. The first-order chi connectivity index (χ1) is 10.5. The predicted molar refractivity (Wildman–Crippen MR) is 88.2 cm³/mol. The van der Waals surface area contributed by atoms with Crippen LogP contribution in [0.5, 0.6) is 0 Å². The first-order valence-electron chi connectivity index (χ1n) is 7.32. The molecule has 22 heavy (non-hydrogen) atoms. The Balaban J connectivity index is 1.88. The lowest BCUT2D eigenvalue weighted by Crippen LogP contribution is -2.28. The molecule has 6 heteroatoms. The Labute approximate surface area is 136 Å². The number of likely N-dealkylation sites (tertiary alicyclic amines) is 1. The summed E-state index contributed by atoms with van der Waals surface area (Å²) in [5, 5.41) is 3.69. The SMILES string of the molecule is C=C(C)/C=C\C(=C/C)N1CC2C(C1)C2/C(N)=N/OC(=O)CCl. The van der Waals surface area contributed by atoms with Crippen molar-refractivity contribution < 1.29 is 9.63 Å². The van der Waals surface area contributed by atoms with Crippen LogP contribution >= 0.6 is 11.6 Å². The van der Waals surface area contributed by atoms with E-state index in [0.717, 1.165) is 18.7 Å². The van der Waals surface area contributed by atoms with Crippen LogP contribution in [0.4, 0.5) is 0 Å². The highest BCUT2D eigenvalue weighted by atomic mass is 35.5. The number of amidine groups is 1. The summed E-state index contributed by atoms with van der Waals surface area (Å²) in [5.74, 6) is 0.758. The van der Waals surface area contributed by atoms with E-state index in [2.05, 4.69) is 33.6 Å². The van der Waals surface area contributed by atoms with Gasteiger partial charge in [0.05, 0.1) is 0 Å². The third-order valence-corrected chi connectivity index (χ3v) is 4.32. The number of nitrogens with zero attached hydrogens (tertiary/aromatic N) is 2. The maximum atomic E-state index is 11.0. The van der Waals surface area contributed by atoms with Gasteiger partial charge in [-0.15, -0.1) is 11.6 Å². The molecule has 1 aliphatic carbocycles. The molecule has 0 radical (unpaired) electrons. The van der Waals surface area contributed by atoms with Gasteiger partial charge in [0.25, 0.3) is 0 Å². The fourth-order valence-electron chi connectivity index (χ4n) is 2.98. The van der Waals surface area contributed by atoms with Gasteiger partial charge in [0.1, 0.15) is 11.7 Å². The second-order valence-corrected chi connectivity index (χ2v) is 6.03. The van der Waals surface area contributed by atoms with Crippen LogP contribution in [0.15, 0.2) is 41.2 Å². The third-order valence-electron chi connectivity index (χ3n) is 4.10. The molecular weight excluding hydrogens is 302 g/mol. The average molecular weight is 324 g/mol. The maximum absolute atomic E-state index is 11.0. The van der Waals surface area contributed by atoms with Crippen molar-refractivity contribution in [1.29, 1.82) is 0 Å². The van der Waals surface area contributed by atoms with Crippen LogP contribution in [-0.2, 0) is 9.63 Å². The summed E-state index contributed by atoms with van der Waals surface area (Å²) in [5.41, 5.74) is 8.12. The molecule has 5 nitrogen and oxygen atoms in total. The van der Waals surface area contributed by atoms with E-state index < -0.39 is 5.97 Å². The summed E-state index contributed by atoms with van der Waals surface area (Å²) >= 11 is 5.34. The number of hydrogen-bond acceptors (Lipinski definition) is 4. The molecule has 2 atom stereocenters. The fourth-order valence-corrected chi connectivity index (χ4v) is 3.03. The Morgan fingerprint density at radius 1 is 1.45 bits per heavy atom. The van der Waals surface area contributed by atoms with E-state index in [1.807, 2.05) is 19.9 Å². The van der Waals surface area contributed by atoms with Crippen molar-refractivity contribution in [3.05, 3.63) is 36.1 Å². The Morgan fingerprint density at radius 2 is 2.09 bits per heavy atom. The molecule has 120 valence electrons. The number of nitrogens with two attached hydrogens (primary N) is 1. The molecule has 1 heterocycles. The van der Waals surface area contributed by atoms with Gasteiger partial charge in [-0.3, -0.25) is 0 Å². The lowest BCUT2D eigenvalue weighted by molar-refractivity contribution is -0.140. The summed E-state index contributed by atoms with van der Waals surface area (Å²) in [6, 6.07) is 0. The van der Waals surface area contributed by atoms with Gasteiger partial charge < -0.3 is 15.5 Å². The summed E-state index contributed by atoms with van der Waals surface area (Å²) in [4.78, 5) is 17.9. The molecular formula is C16H22ClN3O2. The number of halogens is 1. The minimum atomic E-state index is -0.585. The predicted octanol–water partition coefficient (Wildman–Crippen LogP) is 2.25. The molecule has 2 fully saturated rings. The lowest BCUT2D eigenvalue weighted by Gasteiger charge is -2.22. The number of alkyl halides is 1. The molecule has 0 aromatic rings. The second-order valence-electron chi connectivity index (χ2n) is 5.76. The topological polar surface area (TPSA) is 67.9 Å². The Morgan fingerprint density at radius 3 is 2.59 bits per heavy atom. The molecule has 0 aromatic carbocycles. The quantitative estimate of drug-likeness (QED) is 0.203. The van der Waals surface area contributed by atoms with E-state index in [-0.39, 0.29) is 11.8 Å². The second kappa shape index (κ2) is 7.01. The summed E-state index contributed by atoms with van der Waals surface area (Å²) in [7, 11) is 0. The van der Waals surface area contributed by atoms with Gasteiger partial charge in [-0.25, -0.2) is 4.79 Å². The fraction of sp³-hybridized carbons (Fsp3) is 0.500. The Kier molecular flexibility index (Phi) is 5.29. The molecule has 0 aromatic heterocycles. The minimum Gasteiger partial charge on any atom is -0.384 e. The molecule has 0 amide bonds. The van der Waals surface area contributed by atoms with Crippen molar-refractivity contribution >= 4 is 23.4 Å². The van der Waals surface area contributed by atoms with Crippen LogP contribution in [0.25, 0.3) is 0 Å². The highest BCUT2D eigenvalue weighted by molar-refractivity contribution is 6.26. The van der Waals surface area contributed by atoms with Crippen LogP contribution in [0.2, 0.25) is 0 Å². The molecule has 1 saturated carbocycles. The largest absolute Gasteiger partial charge is 0.384 e. The van der Waals surface area contributed by atoms with Gasteiger partial charge in [0.2, 0.25) is 0 Å². The number of hydrogen-bond donors (Lipinski definition) is 1. The van der Waals surface area contributed by atoms with Gasteiger partial charge in [-0.2, -0.15) is 0 Å². The van der Waals surface area contributed by atoms with E-state index in [9.17, 15) is 4.79 Å². The van der Waals surface area contributed by atoms with Crippen LogP contribution in [0.1, 0.15) is 13.8 Å². The third kappa shape index (κ3) is 3.71. The average Bonchev–Trinajstić information content (AvgIpc) is 3.00. The first-order valence-corrected chi connectivity index (χ1v) is 7.85. The summed E-state index contributed by atoms with van der Waals surface area (Å²) in [6.07, 6.45) is 6.19. The number of carbonyl (C=O) groups is 1. The summed E-state index contributed by atoms with van der Waals surface area (Å²) < 4.78 is 0. The van der Waals surface area contributed by atoms with E-state index in [1.165, 1.54) is 5.70 Å². The number of carbonyl (C=O) groups excluding carboxylic acids is 1. The smallest absolute Gasteiger partial charge is 0.349 e. The van der Waals surface area contributed by atoms with Gasteiger partial charge in [0.15, 0.2) is 0 Å². The van der Waals surface area contributed by atoms with Crippen LogP contribution in [0.3, 0.4) is 0 Å². The number of allylic oxidation sites excluding steroid dienone is 4. The van der Waals surface area contributed by atoms with Crippen LogP contribution in [-0.4, -0.2) is 35.7 Å². The van der Waals surface area contributed by atoms with E-state index in [0.29, 0.717) is 17.7 Å². The zero-order chi connectivity index (χ0) is 16.3. The minimum absolute atomic E-state index is 0.211. The van der Waals surface area contributed by atoms with Crippen molar-refractivity contribution in [2.45, 2.75) is 13.8 Å². The van der Waals surface area contributed by atoms with Gasteiger partial charge in [-0.1, -0.05) is 29.5 Å². The zero-order valence-corrected chi connectivity index (χ0v) is 13.7. The van der Waals surface area contributed by atoms with Crippen molar-refractivity contribution in [1.82, 2.24) is 4.90 Å². The monoisotopic (exact) mass is 323 g/mol. The van der Waals surface area contributed by atoms with E-state index in [4.69, 9.17) is 17.3 Å². The van der Waals surface area contributed by atoms with E-state index >= 15 is 0 Å². The number of oxime groups is 1. The van der Waals surface area contributed by atoms with Crippen molar-refractivity contribution in [3.8, 4) is 0 Å². The lowest BCUT2D eigenvalue weighted by atomic mass is 10.2. The van der Waals surface area contributed by atoms with Crippen LogP contribution in [0, 0.1) is 17.8 Å². The van der Waals surface area contributed by atoms with Crippen molar-refractivity contribution in [2.24, 2.45) is 28.6 Å². The van der Waals surface area contributed by atoms with Crippen molar-refractivity contribution in [3.63, 3.8) is 0 Å². The molecule has 2 rings (SSSR count). The van der Waals surface area contributed by atoms with Gasteiger partial charge >= 0.3 is 5.97 Å². The number of rotatable bonds is 6. The van der Waals surface area contributed by atoms with Gasteiger partial charge in [-0.05, 0) is 31.8 Å². The Bertz CT molecular complexity index is 542. The van der Waals surface area contributed by atoms with Crippen LogP contribution < -0.4 is 5.73 Å². The number of fused-ring (bicyclic) bond motifs is 1. The van der Waals surface area contributed by atoms with Crippen molar-refractivity contribution in [2.75, 3.05) is 19.0 Å². The first kappa shape index (κ1) is 16.6. The molecule has 2 N–H and O–H groups in total. The normalized spacial score (nSPS) is 28.0. The highest BCUT2D eigenvalue weighted by Gasteiger charge is 2.58. The van der Waals surface area contributed by atoms with E-state index in [1.54, 1.807) is 0 Å².